The van der Waals surface area contributed by atoms with Crippen molar-refractivity contribution in [2.24, 2.45) is 0 Å². The second-order valence-electron chi connectivity index (χ2n) is 3.71. The van der Waals surface area contributed by atoms with Crippen molar-refractivity contribution in [1.29, 1.82) is 0 Å². The monoisotopic (exact) mass is 298 g/mol. The van der Waals surface area contributed by atoms with E-state index in [0.717, 1.165) is 5.56 Å². The van der Waals surface area contributed by atoms with Gasteiger partial charge in [0.2, 0.25) is 5.91 Å². The van der Waals surface area contributed by atoms with Gasteiger partial charge in [-0.3, -0.25) is 10.1 Å². The van der Waals surface area contributed by atoms with Crippen molar-refractivity contribution in [3.8, 4) is 0 Å². The number of carbonyl (C=O) groups is 1. The maximum absolute atomic E-state index is 11.5. The summed E-state index contributed by atoms with van der Waals surface area (Å²) < 4.78 is 0. The van der Waals surface area contributed by atoms with Gasteiger partial charge in [-0.05, 0) is 42.4 Å². The van der Waals surface area contributed by atoms with Crippen LogP contribution in [0.4, 0.5) is 0 Å². The maximum atomic E-state index is 11.5. The Balaban J connectivity index is 2.38. The van der Waals surface area contributed by atoms with Crippen LogP contribution in [0.1, 0.15) is 12.0 Å². The van der Waals surface area contributed by atoms with E-state index in [1.54, 1.807) is 18.2 Å². The number of halogens is 1. The summed E-state index contributed by atoms with van der Waals surface area (Å²) >= 11 is 10.7. The van der Waals surface area contributed by atoms with E-state index in [1.165, 1.54) is 6.08 Å². The zero-order valence-corrected chi connectivity index (χ0v) is 11.8. The van der Waals surface area contributed by atoms with Crippen molar-refractivity contribution >= 4 is 40.9 Å². The van der Waals surface area contributed by atoms with Crippen molar-refractivity contribution in [2.45, 2.75) is 6.42 Å². The number of aliphatic hydroxyl groups excluding tert-OH is 1. The molecule has 1 amide bonds. The first-order valence-electron chi connectivity index (χ1n) is 5.75. The first-order valence-corrected chi connectivity index (χ1v) is 6.54. The minimum atomic E-state index is -0.309. The number of benzene rings is 1. The van der Waals surface area contributed by atoms with Crippen molar-refractivity contribution in [2.75, 3.05) is 13.2 Å². The number of aliphatic hydroxyl groups is 1. The highest BCUT2D eigenvalue weighted by atomic mass is 35.5. The Morgan fingerprint density at radius 1 is 1.37 bits per heavy atom. The Morgan fingerprint density at radius 3 is 2.68 bits per heavy atom. The fourth-order valence-corrected chi connectivity index (χ4v) is 1.55. The lowest BCUT2D eigenvalue weighted by Gasteiger charge is -2.06. The molecule has 0 bridgehead atoms. The Morgan fingerprint density at radius 2 is 2.05 bits per heavy atom. The number of hydrogen-bond acceptors (Lipinski definition) is 3. The Hall–Kier alpha value is -1.43. The highest BCUT2D eigenvalue weighted by molar-refractivity contribution is 7.80. The molecule has 1 rings (SSSR count). The third-order valence-corrected chi connectivity index (χ3v) is 2.65. The molecule has 0 aliphatic rings. The fraction of sp³-hybridized carbons (Fsp3) is 0.231. The lowest BCUT2D eigenvalue weighted by atomic mass is 10.2. The van der Waals surface area contributed by atoms with Crippen LogP contribution in [0.5, 0.6) is 0 Å². The van der Waals surface area contributed by atoms with Gasteiger partial charge in [0.15, 0.2) is 5.11 Å². The van der Waals surface area contributed by atoms with Crippen LogP contribution in [0.3, 0.4) is 0 Å². The fourth-order valence-electron chi connectivity index (χ4n) is 1.22. The van der Waals surface area contributed by atoms with E-state index < -0.39 is 0 Å². The molecule has 19 heavy (non-hydrogen) atoms. The topological polar surface area (TPSA) is 61.4 Å². The quantitative estimate of drug-likeness (QED) is 0.440. The number of thiocarbonyl (C=S) groups is 1. The van der Waals surface area contributed by atoms with Crippen LogP contribution < -0.4 is 10.6 Å². The number of nitrogens with one attached hydrogen (secondary N) is 2. The number of carbonyl (C=O) groups excluding carboxylic acids is 1. The summed E-state index contributed by atoms with van der Waals surface area (Å²) in [4.78, 5) is 11.5. The van der Waals surface area contributed by atoms with Gasteiger partial charge in [-0.2, -0.15) is 0 Å². The van der Waals surface area contributed by atoms with Gasteiger partial charge < -0.3 is 10.4 Å². The van der Waals surface area contributed by atoms with Gasteiger partial charge in [0.1, 0.15) is 0 Å². The van der Waals surface area contributed by atoms with Crippen molar-refractivity contribution in [3.63, 3.8) is 0 Å². The molecular weight excluding hydrogens is 284 g/mol. The summed E-state index contributed by atoms with van der Waals surface area (Å²) in [6.45, 7) is 0.608. The van der Waals surface area contributed by atoms with Gasteiger partial charge in [0.25, 0.3) is 0 Å². The number of rotatable bonds is 5. The predicted molar refractivity (Wildman–Crippen MR) is 80.9 cm³/mol. The molecule has 1 aromatic rings. The highest BCUT2D eigenvalue weighted by Crippen LogP contribution is 2.10. The molecule has 0 radical (unpaired) electrons. The van der Waals surface area contributed by atoms with Crippen LogP contribution in [0.2, 0.25) is 5.02 Å². The molecule has 0 aromatic heterocycles. The zero-order valence-electron chi connectivity index (χ0n) is 10.2. The molecule has 0 spiro atoms. The Bertz CT molecular complexity index is 460. The van der Waals surface area contributed by atoms with Gasteiger partial charge in [-0.25, -0.2) is 0 Å². The van der Waals surface area contributed by atoms with Crippen molar-refractivity contribution < 1.29 is 9.90 Å². The molecule has 3 N–H and O–H groups in total. The largest absolute Gasteiger partial charge is 0.396 e. The average Bonchev–Trinajstić information content (AvgIpc) is 2.38. The lowest BCUT2D eigenvalue weighted by Crippen LogP contribution is -2.38. The summed E-state index contributed by atoms with van der Waals surface area (Å²) in [5, 5.41) is 14.8. The van der Waals surface area contributed by atoms with E-state index in [2.05, 4.69) is 10.6 Å². The third kappa shape index (κ3) is 6.91. The van der Waals surface area contributed by atoms with Crippen LogP contribution >= 0.6 is 23.8 Å². The standard InChI is InChI=1S/C13H15ClN2O2S/c14-11-5-2-10(3-6-11)4-7-12(18)16-13(19)15-8-1-9-17/h2-7,17H,1,8-9H2,(H2,15,16,18,19)/b7-4+. The molecule has 0 aliphatic heterocycles. The molecule has 0 saturated carbocycles. The molecule has 0 aliphatic carbocycles. The minimum Gasteiger partial charge on any atom is -0.396 e. The molecule has 0 saturated heterocycles. The molecular formula is C13H15ClN2O2S. The molecule has 4 nitrogen and oxygen atoms in total. The van der Waals surface area contributed by atoms with E-state index in [-0.39, 0.29) is 17.6 Å². The number of hydrogen-bond donors (Lipinski definition) is 3. The normalized spacial score (nSPS) is 10.4. The Kier molecular flexibility index (Phi) is 7.10. The van der Waals surface area contributed by atoms with Gasteiger partial charge in [0.05, 0.1) is 0 Å². The molecule has 1 aromatic carbocycles. The first kappa shape index (κ1) is 15.6. The highest BCUT2D eigenvalue weighted by Gasteiger charge is 1.99. The van der Waals surface area contributed by atoms with Crippen molar-refractivity contribution in [1.82, 2.24) is 10.6 Å². The van der Waals surface area contributed by atoms with Gasteiger partial charge in [-0.1, -0.05) is 23.7 Å². The summed E-state index contributed by atoms with van der Waals surface area (Å²) in [5.74, 6) is -0.309. The van der Waals surface area contributed by atoms with Crippen LogP contribution in [-0.2, 0) is 4.79 Å². The average molecular weight is 299 g/mol. The van der Waals surface area contributed by atoms with E-state index >= 15 is 0 Å². The Labute approximate surface area is 122 Å². The maximum Gasteiger partial charge on any atom is 0.250 e. The molecule has 0 heterocycles. The summed E-state index contributed by atoms with van der Waals surface area (Å²) in [6.07, 6.45) is 3.64. The van der Waals surface area contributed by atoms with E-state index in [1.807, 2.05) is 12.1 Å². The molecule has 102 valence electrons. The van der Waals surface area contributed by atoms with Crippen LogP contribution in [0, 0.1) is 0 Å². The summed E-state index contributed by atoms with van der Waals surface area (Å²) in [7, 11) is 0. The van der Waals surface area contributed by atoms with E-state index in [9.17, 15) is 4.79 Å². The van der Waals surface area contributed by atoms with E-state index in [4.69, 9.17) is 28.9 Å². The zero-order chi connectivity index (χ0) is 14.1. The third-order valence-electron chi connectivity index (χ3n) is 2.15. The SMILES string of the molecule is O=C(/C=C/c1ccc(Cl)cc1)NC(=S)NCCCO. The molecule has 0 atom stereocenters. The van der Waals surface area contributed by atoms with Crippen molar-refractivity contribution in [3.05, 3.63) is 40.9 Å². The smallest absolute Gasteiger partial charge is 0.250 e. The van der Waals surface area contributed by atoms with Gasteiger partial charge in [0, 0.05) is 24.3 Å². The first-order chi connectivity index (χ1) is 9.11. The summed E-state index contributed by atoms with van der Waals surface area (Å²) in [6, 6.07) is 7.12. The lowest BCUT2D eigenvalue weighted by molar-refractivity contribution is -0.115. The van der Waals surface area contributed by atoms with Gasteiger partial charge >= 0.3 is 0 Å². The van der Waals surface area contributed by atoms with Crippen LogP contribution in [-0.4, -0.2) is 29.3 Å². The second kappa shape index (κ2) is 8.63. The predicted octanol–water partition coefficient (Wildman–Crippen LogP) is 1.73. The van der Waals surface area contributed by atoms with E-state index in [0.29, 0.717) is 18.0 Å². The second-order valence-corrected chi connectivity index (χ2v) is 4.55. The summed E-state index contributed by atoms with van der Waals surface area (Å²) in [5.41, 5.74) is 0.874. The van der Waals surface area contributed by atoms with Crippen LogP contribution in [0.25, 0.3) is 6.08 Å². The molecule has 0 unspecified atom stereocenters. The van der Waals surface area contributed by atoms with Gasteiger partial charge in [-0.15, -0.1) is 0 Å². The van der Waals surface area contributed by atoms with Crippen LogP contribution in [0.15, 0.2) is 30.3 Å². The number of amides is 1. The molecule has 0 fully saturated rings. The minimum absolute atomic E-state index is 0.0834. The molecule has 6 heteroatoms.